The minimum atomic E-state index is -0.907. The Kier molecular flexibility index (Phi) is 5.26. The summed E-state index contributed by atoms with van der Waals surface area (Å²) in [5, 5.41) is 11.6. The van der Waals surface area contributed by atoms with E-state index in [0.29, 0.717) is 10.7 Å². The standard InChI is InChI=1S/C8H8ClNO2.ClH/c9-6-3-1-2-4-7(6)10-5-8(11)12;/h1-4,10H,5H2,(H,11,12);1H. The van der Waals surface area contributed by atoms with Gasteiger partial charge in [-0.2, -0.15) is 0 Å². The molecule has 1 rings (SSSR count). The molecule has 0 unspecified atom stereocenters. The zero-order valence-corrected chi connectivity index (χ0v) is 8.23. The molecule has 0 heterocycles. The zero-order chi connectivity index (χ0) is 8.97. The number of para-hydroxylation sites is 1. The average Bonchev–Trinajstić information content (AvgIpc) is 2.03. The van der Waals surface area contributed by atoms with Crippen molar-refractivity contribution in [3.8, 4) is 0 Å². The maximum atomic E-state index is 10.2. The van der Waals surface area contributed by atoms with E-state index in [-0.39, 0.29) is 19.0 Å². The first kappa shape index (κ1) is 12.1. The number of anilines is 1. The third kappa shape index (κ3) is 4.01. The minimum Gasteiger partial charge on any atom is -0.480 e. The first-order valence-electron chi connectivity index (χ1n) is 3.40. The normalized spacial score (nSPS) is 8.69. The van der Waals surface area contributed by atoms with E-state index in [4.69, 9.17) is 16.7 Å². The SMILES string of the molecule is Cl.O=C(O)CNc1ccccc1Cl. The average molecular weight is 222 g/mol. The Morgan fingerprint density at radius 2 is 2.08 bits per heavy atom. The number of benzene rings is 1. The van der Waals surface area contributed by atoms with Crippen molar-refractivity contribution in [2.45, 2.75) is 0 Å². The first-order valence-corrected chi connectivity index (χ1v) is 3.78. The van der Waals surface area contributed by atoms with Crippen LogP contribution in [0.5, 0.6) is 0 Å². The van der Waals surface area contributed by atoms with E-state index >= 15 is 0 Å². The fourth-order valence-electron chi connectivity index (χ4n) is 0.775. The Labute approximate surface area is 87.1 Å². The number of halogens is 2. The van der Waals surface area contributed by atoms with Gasteiger partial charge >= 0.3 is 5.97 Å². The van der Waals surface area contributed by atoms with Crippen LogP contribution in [0.3, 0.4) is 0 Å². The summed E-state index contributed by atoms with van der Waals surface area (Å²) in [6.45, 7) is -0.121. The lowest BCUT2D eigenvalue weighted by atomic mass is 10.3. The smallest absolute Gasteiger partial charge is 0.322 e. The molecule has 0 radical (unpaired) electrons. The summed E-state index contributed by atoms with van der Waals surface area (Å²) in [6.07, 6.45) is 0. The number of carboxylic acids is 1. The van der Waals surface area contributed by atoms with Gasteiger partial charge in [-0.25, -0.2) is 0 Å². The van der Waals surface area contributed by atoms with Crippen LogP contribution < -0.4 is 5.32 Å². The van der Waals surface area contributed by atoms with Gasteiger partial charge in [0.2, 0.25) is 0 Å². The third-order valence-corrected chi connectivity index (χ3v) is 1.63. The van der Waals surface area contributed by atoms with Crippen molar-refractivity contribution in [2.24, 2.45) is 0 Å². The lowest BCUT2D eigenvalue weighted by molar-refractivity contribution is -0.134. The van der Waals surface area contributed by atoms with Crippen LogP contribution in [-0.4, -0.2) is 17.6 Å². The van der Waals surface area contributed by atoms with Crippen molar-refractivity contribution in [1.29, 1.82) is 0 Å². The molecule has 0 aliphatic rings. The van der Waals surface area contributed by atoms with Gasteiger partial charge in [0.25, 0.3) is 0 Å². The number of aliphatic carboxylic acids is 1. The maximum Gasteiger partial charge on any atom is 0.322 e. The molecule has 0 aliphatic carbocycles. The summed E-state index contributed by atoms with van der Waals surface area (Å²) in [4.78, 5) is 10.2. The molecular weight excluding hydrogens is 213 g/mol. The summed E-state index contributed by atoms with van der Waals surface area (Å²) < 4.78 is 0. The van der Waals surface area contributed by atoms with Gasteiger partial charge in [-0.05, 0) is 12.1 Å². The molecular formula is C8H9Cl2NO2. The van der Waals surface area contributed by atoms with Crippen LogP contribution in [-0.2, 0) is 4.79 Å². The van der Waals surface area contributed by atoms with Crippen molar-refractivity contribution in [2.75, 3.05) is 11.9 Å². The number of rotatable bonds is 3. The maximum absolute atomic E-state index is 10.2. The highest BCUT2D eigenvalue weighted by Gasteiger charge is 1.99. The van der Waals surface area contributed by atoms with Crippen molar-refractivity contribution in [3.63, 3.8) is 0 Å². The first-order chi connectivity index (χ1) is 5.70. The number of hydrogen-bond donors (Lipinski definition) is 2. The third-order valence-electron chi connectivity index (χ3n) is 1.30. The molecule has 1 aromatic carbocycles. The van der Waals surface area contributed by atoms with Gasteiger partial charge in [-0.15, -0.1) is 12.4 Å². The van der Waals surface area contributed by atoms with Crippen LogP contribution in [0, 0.1) is 0 Å². The Hall–Kier alpha value is -0.930. The van der Waals surface area contributed by atoms with E-state index in [1.807, 2.05) is 0 Å². The number of hydrogen-bond acceptors (Lipinski definition) is 2. The largest absolute Gasteiger partial charge is 0.480 e. The minimum absolute atomic E-state index is 0. The summed E-state index contributed by atoms with van der Waals surface area (Å²) in [7, 11) is 0. The van der Waals surface area contributed by atoms with E-state index < -0.39 is 5.97 Å². The monoisotopic (exact) mass is 221 g/mol. The summed E-state index contributed by atoms with van der Waals surface area (Å²) >= 11 is 5.75. The molecule has 0 saturated carbocycles. The van der Waals surface area contributed by atoms with E-state index in [1.165, 1.54) is 0 Å². The fraction of sp³-hybridized carbons (Fsp3) is 0.125. The number of nitrogens with one attached hydrogen (secondary N) is 1. The highest BCUT2D eigenvalue weighted by atomic mass is 35.5. The Morgan fingerprint density at radius 3 is 2.62 bits per heavy atom. The second-order valence-electron chi connectivity index (χ2n) is 2.23. The highest BCUT2D eigenvalue weighted by Crippen LogP contribution is 2.19. The molecule has 0 spiro atoms. The highest BCUT2D eigenvalue weighted by molar-refractivity contribution is 6.33. The van der Waals surface area contributed by atoms with Gasteiger partial charge in [0.05, 0.1) is 10.7 Å². The Balaban J connectivity index is 0.00000144. The molecule has 0 aliphatic heterocycles. The summed E-state index contributed by atoms with van der Waals surface area (Å²) in [5.74, 6) is -0.907. The molecule has 0 fully saturated rings. The van der Waals surface area contributed by atoms with Crippen LogP contribution in [0.4, 0.5) is 5.69 Å². The van der Waals surface area contributed by atoms with Crippen molar-refractivity contribution >= 4 is 35.7 Å². The second kappa shape index (κ2) is 5.67. The lowest BCUT2D eigenvalue weighted by Crippen LogP contribution is -2.12. The molecule has 3 nitrogen and oxygen atoms in total. The predicted octanol–water partition coefficient (Wildman–Crippen LogP) is 2.26. The van der Waals surface area contributed by atoms with E-state index in [1.54, 1.807) is 24.3 Å². The van der Waals surface area contributed by atoms with Crippen LogP contribution in [0.25, 0.3) is 0 Å². The van der Waals surface area contributed by atoms with Gasteiger partial charge in [0.1, 0.15) is 6.54 Å². The molecule has 0 aromatic heterocycles. The molecule has 2 N–H and O–H groups in total. The van der Waals surface area contributed by atoms with Crippen molar-refractivity contribution in [1.82, 2.24) is 0 Å². The zero-order valence-electron chi connectivity index (χ0n) is 6.66. The predicted molar refractivity (Wildman–Crippen MR) is 54.8 cm³/mol. The van der Waals surface area contributed by atoms with Gasteiger partial charge in [-0.3, -0.25) is 4.79 Å². The summed E-state index contributed by atoms with van der Waals surface area (Å²) in [5.41, 5.74) is 0.640. The lowest BCUT2D eigenvalue weighted by Gasteiger charge is -2.03. The molecule has 72 valence electrons. The topological polar surface area (TPSA) is 49.3 Å². The molecule has 5 heteroatoms. The number of carboxylic acid groups (broad SMARTS) is 1. The van der Waals surface area contributed by atoms with E-state index in [9.17, 15) is 4.79 Å². The van der Waals surface area contributed by atoms with Gasteiger partial charge in [0, 0.05) is 0 Å². The van der Waals surface area contributed by atoms with E-state index in [2.05, 4.69) is 5.32 Å². The molecule has 13 heavy (non-hydrogen) atoms. The Morgan fingerprint density at radius 1 is 1.46 bits per heavy atom. The van der Waals surface area contributed by atoms with Gasteiger partial charge < -0.3 is 10.4 Å². The molecule has 1 aromatic rings. The van der Waals surface area contributed by atoms with Gasteiger partial charge in [-0.1, -0.05) is 23.7 Å². The summed E-state index contributed by atoms with van der Waals surface area (Å²) in [6, 6.07) is 7.00. The molecule has 0 saturated heterocycles. The number of carbonyl (C=O) groups is 1. The van der Waals surface area contributed by atoms with Crippen molar-refractivity contribution in [3.05, 3.63) is 29.3 Å². The molecule has 0 bridgehead atoms. The Bertz CT molecular complexity index is 291. The van der Waals surface area contributed by atoms with Crippen LogP contribution in [0.15, 0.2) is 24.3 Å². The quantitative estimate of drug-likeness (QED) is 0.824. The van der Waals surface area contributed by atoms with Crippen LogP contribution in [0.2, 0.25) is 5.02 Å². The van der Waals surface area contributed by atoms with Crippen LogP contribution in [0.1, 0.15) is 0 Å². The van der Waals surface area contributed by atoms with Crippen LogP contribution >= 0.6 is 24.0 Å². The molecule has 0 amide bonds. The molecule has 0 atom stereocenters. The second-order valence-corrected chi connectivity index (χ2v) is 2.63. The van der Waals surface area contributed by atoms with Crippen molar-refractivity contribution < 1.29 is 9.90 Å². The fourth-order valence-corrected chi connectivity index (χ4v) is 0.978. The van der Waals surface area contributed by atoms with E-state index in [0.717, 1.165) is 0 Å². The van der Waals surface area contributed by atoms with Gasteiger partial charge in [0.15, 0.2) is 0 Å².